The van der Waals surface area contributed by atoms with E-state index in [2.05, 4.69) is 16.5 Å². The highest BCUT2D eigenvalue weighted by Crippen LogP contribution is 2.41. The Hall–Kier alpha value is -1.88. The van der Waals surface area contributed by atoms with E-state index in [-0.39, 0.29) is 0 Å². The zero-order chi connectivity index (χ0) is 15.9. The molecule has 2 aromatic heterocycles. The minimum atomic E-state index is -1.36. The van der Waals surface area contributed by atoms with Crippen LogP contribution in [0.1, 0.15) is 31.0 Å². The van der Waals surface area contributed by atoms with E-state index in [0.717, 1.165) is 30.0 Å². The van der Waals surface area contributed by atoms with Crippen LogP contribution in [0.3, 0.4) is 0 Å². The molecule has 0 aliphatic carbocycles. The van der Waals surface area contributed by atoms with Gasteiger partial charge in [0.1, 0.15) is 17.1 Å². The number of hydrogen-bond acceptors (Lipinski definition) is 3. The monoisotopic (exact) mass is 303 g/mol. The van der Waals surface area contributed by atoms with Gasteiger partial charge in [-0.2, -0.15) is 0 Å². The number of allylic oxidation sites excluding steroid dienone is 1. The van der Waals surface area contributed by atoms with E-state index in [9.17, 15) is 0 Å². The average Bonchev–Trinajstić information content (AvgIpc) is 2.92. The van der Waals surface area contributed by atoms with E-state index in [1.807, 2.05) is 24.6 Å². The predicted octanol–water partition coefficient (Wildman–Crippen LogP) is 3.27. The van der Waals surface area contributed by atoms with Crippen molar-refractivity contribution in [3.63, 3.8) is 0 Å². The summed E-state index contributed by atoms with van der Waals surface area (Å²) in [7, 11) is 3.60. The molecule has 5 heteroatoms. The van der Waals surface area contributed by atoms with Crippen LogP contribution in [0.25, 0.3) is 11.2 Å². The van der Waals surface area contributed by atoms with Crippen LogP contribution in [-0.2, 0) is 5.67 Å². The van der Waals surface area contributed by atoms with E-state index in [1.54, 1.807) is 19.4 Å². The minimum Gasteiger partial charge on any atom is -0.496 e. The van der Waals surface area contributed by atoms with Crippen molar-refractivity contribution < 1.29 is 9.13 Å². The number of hydrogen-bond donors (Lipinski definition) is 0. The number of aromatic nitrogens is 2. The maximum absolute atomic E-state index is 15.5. The second kappa shape index (κ2) is 5.39. The fourth-order valence-corrected chi connectivity index (χ4v) is 3.07. The van der Waals surface area contributed by atoms with E-state index in [0.29, 0.717) is 24.2 Å². The van der Waals surface area contributed by atoms with Crippen molar-refractivity contribution in [2.75, 3.05) is 27.2 Å². The quantitative estimate of drug-likeness (QED) is 0.871. The molecule has 1 aliphatic rings. The first kappa shape index (κ1) is 15.0. The first-order valence-corrected chi connectivity index (χ1v) is 7.53. The lowest BCUT2D eigenvalue weighted by atomic mass is 9.86. The number of alkyl halides is 1. The molecule has 0 saturated carbocycles. The molecule has 0 atom stereocenters. The highest BCUT2D eigenvalue weighted by Gasteiger charge is 2.38. The number of ether oxygens (including phenoxy) is 1. The van der Waals surface area contributed by atoms with Crippen molar-refractivity contribution >= 4 is 11.2 Å². The van der Waals surface area contributed by atoms with Gasteiger partial charge in [-0.15, -0.1) is 0 Å². The molecule has 0 N–H and O–H groups in total. The Bertz CT molecular complexity index is 714. The standard InChI is InChI=1S/C17H22FN3O/c1-12(2)14-10-19-16-9-15(22-4)13(11-21(14)16)17(18)5-7-20(3)8-6-17/h9-11H,1,5-8H2,2-4H3. The number of methoxy groups -OCH3 is 1. The molecule has 1 saturated heterocycles. The molecule has 22 heavy (non-hydrogen) atoms. The van der Waals surface area contributed by atoms with Gasteiger partial charge in [-0.05, 0) is 32.4 Å². The van der Waals surface area contributed by atoms with E-state index in [1.165, 1.54) is 0 Å². The predicted molar refractivity (Wildman–Crippen MR) is 86.0 cm³/mol. The number of pyridine rings is 1. The minimum absolute atomic E-state index is 0.475. The first-order chi connectivity index (χ1) is 10.4. The zero-order valence-corrected chi connectivity index (χ0v) is 13.4. The molecule has 0 amide bonds. The summed E-state index contributed by atoms with van der Waals surface area (Å²) in [5.41, 5.74) is 1.80. The van der Waals surface area contributed by atoms with Gasteiger partial charge in [0, 0.05) is 30.9 Å². The highest BCUT2D eigenvalue weighted by atomic mass is 19.1. The van der Waals surface area contributed by atoms with Crippen molar-refractivity contribution in [3.05, 3.63) is 36.3 Å². The fraction of sp³-hybridized carbons (Fsp3) is 0.471. The second-order valence-corrected chi connectivity index (χ2v) is 6.18. The van der Waals surface area contributed by atoms with Crippen LogP contribution < -0.4 is 4.74 Å². The third-order valence-electron chi connectivity index (χ3n) is 4.53. The lowest BCUT2D eigenvalue weighted by molar-refractivity contribution is 0.0645. The molecular formula is C17H22FN3O. The molecule has 118 valence electrons. The Morgan fingerprint density at radius 3 is 2.68 bits per heavy atom. The molecule has 2 aromatic rings. The van der Waals surface area contributed by atoms with Crippen LogP contribution in [0.5, 0.6) is 5.75 Å². The van der Waals surface area contributed by atoms with Crippen LogP contribution in [0.4, 0.5) is 4.39 Å². The summed E-state index contributed by atoms with van der Waals surface area (Å²) < 4.78 is 22.9. The number of halogens is 1. The molecule has 4 nitrogen and oxygen atoms in total. The molecule has 3 rings (SSSR count). The van der Waals surface area contributed by atoms with Crippen molar-refractivity contribution in [1.29, 1.82) is 0 Å². The second-order valence-electron chi connectivity index (χ2n) is 6.18. The van der Waals surface area contributed by atoms with E-state index >= 15 is 4.39 Å². The molecule has 1 fully saturated rings. The van der Waals surface area contributed by atoms with Crippen molar-refractivity contribution in [2.24, 2.45) is 0 Å². The number of imidazole rings is 1. The summed E-state index contributed by atoms with van der Waals surface area (Å²) in [5.74, 6) is 0.568. The first-order valence-electron chi connectivity index (χ1n) is 7.53. The van der Waals surface area contributed by atoms with Crippen molar-refractivity contribution in [3.8, 4) is 5.75 Å². The number of rotatable bonds is 3. The van der Waals surface area contributed by atoms with Crippen molar-refractivity contribution in [2.45, 2.75) is 25.4 Å². The largest absolute Gasteiger partial charge is 0.496 e. The van der Waals surface area contributed by atoms with Gasteiger partial charge in [0.05, 0.1) is 19.0 Å². The van der Waals surface area contributed by atoms with Crippen molar-refractivity contribution in [1.82, 2.24) is 14.3 Å². The maximum atomic E-state index is 15.5. The Morgan fingerprint density at radius 2 is 2.09 bits per heavy atom. The Balaban J connectivity index is 2.14. The maximum Gasteiger partial charge on any atom is 0.143 e. The van der Waals surface area contributed by atoms with Crippen LogP contribution in [0.15, 0.2) is 25.0 Å². The summed E-state index contributed by atoms with van der Waals surface area (Å²) in [5, 5.41) is 0. The molecule has 0 radical (unpaired) electrons. The molecular weight excluding hydrogens is 281 g/mol. The number of likely N-dealkylation sites (tertiary alicyclic amines) is 1. The van der Waals surface area contributed by atoms with Crippen LogP contribution in [0.2, 0.25) is 0 Å². The zero-order valence-electron chi connectivity index (χ0n) is 13.4. The van der Waals surface area contributed by atoms with Gasteiger partial charge in [-0.1, -0.05) is 6.58 Å². The molecule has 0 aromatic carbocycles. The SMILES string of the molecule is C=C(C)c1cnc2cc(OC)c(C3(F)CCN(C)CC3)cn12. The van der Waals surface area contributed by atoms with Gasteiger partial charge in [-0.25, -0.2) is 9.37 Å². The molecule has 0 unspecified atom stereocenters. The normalized spacial score (nSPS) is 18.5. The Kier molecular flexibility index (Phi) is 3.68. The average molecular weight is 303 g/mol. The Morgan fingerprint density at radius 1 is 1.41 bits per heavy atom. The number of fused-ring (bicyclic) bond motifs is 1. The van der Waals surface area contributed by atoms with Gasteiger partial charge in [0.25, 0.3) is 0 Å². The third kappa shape index (κ3) is 2.39. The smallest absolute Gasteiger partial charge is 0.143 e. The third-order valence-corrected chi connectivity index (χ3v) is 4.53. The van der Waals surface area contributed by atoms with Gasteiger partial charge < -0.3 is 9.64 Å². The summed E-state index contributed by atoms with van der Waals surface area (Å²) in [6, 6.07) is 1.81. The highest BCUT2D eigenvalue weighted by molar-refractivity contribution is 5.63. The summed E-state index contributed by atoms with van der Waals surface area (Å²) in [6.07, 6.45) is 4.54. The van der Waals surface area contributed by atoms with Gasteiger partial charge in [-0.3, -0.25) is 4.40 Å². The van der Waals surface area contributed by atoms with E-state index in [4.69, 9.17) is 4.74 Å². The lowest BCUT2D eigenvalue weighted by Crippen LogP contribution is -2.38. The molecule has 0 spiro atoms. The van der Waals surface area contributed by atoms with Gasteiger partial charge >= 0.3 is 0 Å². The topological polar surface area (TPSA) is 29.8 Å². The fourth-order valence-electron chi connectivity index (χ4n) is 3.07. The molecule has 1 aliphatic heterocycles. The summed E-state index contributed by atoms with van der Waals surface area (Å²) in [6.45, 7) is 7.38. The Labute approximate surface area is 130 Å². The lowest BCUT2D eigenvalue weighted by Gasteiger charge is -2.35. The van der Waals surface area contributed by atoms with Crippen LogP contribution in [0, 0.1) is 0 Å². The molecule has 0 bridgehead atoms. The summed E-state index contributed by atoms with van der Waals surface area (Å²) >= 11 is 0. The van der Waals surface area contributed by atoms with Crippen LogP contribution >= 0.6 is 0 Å². The van der Waals surface area contributed by atoms with Gasteiger partial charge in [0.2, 0.25) is 0 Å². The van der Waals surface area contributed by atoms with E-state index < -0.39 is 5.67 Å². The molecule has 3 heterocycles. The van der Waals surface area contributed by atoms with Crippen LogP contribution in [-0.4, -0.2) is 41.5 Å². The summed E-state index contributed by atoms with van der Waals surface area (Å²) in [4.78, 5) is 6.51. The number of nitrogens with zero attached hydrogens (tertiary/aromatic N) is 3. The van der Waals surface area contributed by atoms with Gasteiger partial charge in [0.15, 0.2) is 0 Å². The number of piperidine rings is 1.